The second-order valence-corrected chi connectivity index (χ2v) is 6.82. The molecular formula is C21H36N6. The number of anilines is 2. The molecule has 0 fully saturated rings. The minimum absolute atomic E-state index is 0.698. The van der Waals surface area contributed by atoms with E-state index < -0.39 is 0 Å². The third-order valence-corrected chi connectivity index (χ3v) is 5.07. The van der Waals surface area contributed by atoms with Crippen molar-refractivity contribution < 1.29 is 0 Å². The molecule has 6 nitrogen and oxygen atoms in total. The monoisotopic (exact) mass is 372 g/mol. The maximum atomic E-state index is 4.77. The lowest BCUT2D eigenvalue weighted by atomic mass is 10.1. The van der Waals surface area contributed by atoms with Crippen LogP contribution in [0.2, 0.25) is 0 Å². The van der Waals surface area contributed by atoms with Gasteiger partial charge in [-0.05, 0) is 45.2 Å². The van der Waals surface area contributed by atoms with E-state index in [1.807, 2.05) is 0 Å². The van der Waals surface area contributed by atoms with Crippen LogP contribution < -0.4 is 10.6 Å². The predicted octanol–water partition coefficient (Wildman–Crippen LogP) is 3.45. The van der Waals surface area contributed by atoms with Gasteiger partial charge in [0, 0.05) is 31.6 Å². The number of aryl methyl sites for hydroxylation is 1. The highest BCUT2D eigenvalue weighted by Crippen LogP contribution is 2.23. The maximum Gasteiger partial charge on any atom is 0.225 e. The molecule has 0 amide bonds. The number of likely N-dealkylation sites (N-methyl/N-ethyl adjacent to an activating group) is 2. The molecule has 0 bridgehead atoms. The van der Waals surface area contributed by atoms with Crippen LogP contribution in [-0.4, -0.2) is 72.1 Å². The summed E-state index contributed by atoms with van der Waals surface area (Å²) in [5, 5.41) is 8.02. The van der Waals surface area contributed by atoms with Crippen molar-refractivity contribution in [2.24, 2.45) is 0 Å². The first-order valence-electron chi connectivity index (χ1n) is 10.3. The Morgan fingerprint density at radius 1 is 0.815 bits per heavy atom. The highest BCUT2D eigenvalue weighted by molar-refractivity contribution is 5.90. The summed E-state index contributed by atoms with van der Waals surface area (Å²) in [6.45, 7) is 18.9. The molecule has 0 spiro atoms. The van der Waals surface area contributed by atoms with Crippen molar-refractivity contribution in [1.29, 1.82) is 0 Å². The van der Waals surface area contributed by atoms with Crippen LogP contribution in [0, 0.1) is 6.92 Å². The number of hydrogen-bond acceptors (Lipinski definition) is 6. The van der Waals surface area contributed by atoms with Crippen molar-refractivity contribution in [3.05, 3.63) is 23.8 Å². The fourth-order valence-corrected chi connectivity index (χ4v) is 3.19. The van der Waals surface area contributed by atoms with Crippen LogP contribution in [0.3, 0.4) is 0 Å². The number of fused-ring (bicyclic) bond motifs is 1. The van der Waals surface area contributed by atoms with Crippen LogP contribution in [-0.2, 0) is 0 Å². The minimum atomic E-state index is 0.698. The molecule has 0 unspecified atom stereocenters. The van der Waals surface area contributed by atoms with Gasteiger partial charge in [0.05, 0.1) is 5.52 Å². The molecule has 0 saturated heterocycles. The quantitative estimate of drug-likeness (QED) is 0.595. The first-order valence-corrected chi connectivity index (χ1v) is 10.3. The van der Waals surface area contributed by atoms with Gasteiger partial charge in [0.15, 0.2) is 0 Å². The normalized spacial score (nSPS) is 11.5. The largest absolute Gasteiger partial charge is 0.368 e. The van der Waals surface area contributed by atoms with Crippen LogP contribution in [0.4, 0.5) is 11.8 Å². The van der Waals surface area contributed by atoms with E-state index in [1.54, 1.807) is 0 Å². The topological polar surface area (TPSA) is 56.3 Å². The smallest absolute Gasteiger partial charge is 0.225 e. The Morgan fingerprint density at radius 3 is 2.00 bits per heavy atom. The molecule has 0 saturated carbocycles. The van der Waals surface area contributed by atoms with Gasteiger partial charge in [-0.25, -0.2) is 4.98 Å². The number of aromatic nitrogens is 2. The number of rotatable bonds is 12. The molecule has 1 heterocycles. The lowest BCUT2D eigenvalue weighted by molar-refractivity contribution is 0.315. The van der Waals surface area contributed by atoms with E-state index in [1.165, 1.54) is 5.56 Å². The van der Waals surface area contributed by atoms with Crippen molar-refractivity contribution in [1.82, 2.24) is 19.8 Å². The van der Waals surface area contributed by atoms with E-state index in [2.05, 4.69) is 73.3 Å². The Hall–Kier alpha value is -1.92. The van der Waals surface area contributed by atoms with Crippen molar-refractivity contribution in [2.45, 2.75) is 34.6 Å². The molecule has 150 valence electrons. The molecule has 0 aliphatic rings. The summed E-state index contributed by atoms with van der Waals surface area (Å²) in [7, 11) is 0. The third kappa shape index (κ3) is 6.33. The number of nitrogens with one attached hydrogen (secondary N) is 2. The molecule has 1 aromatic heterocycles. The zero-order valence-corrected chi connectivity index (χ0v) is 17.7. The summed E-state index contributed by atoms with van der Waals surface area (Å²) in [6.07, 6.45) is 0. The van der Waals surface area contributed by atoms with Gasteiger partial charge >= 0.3 is 0 Å². The summed E-state index contributed by atoms with van der Waals surface area (Å²) >= 11 is 0. The van der Waals surface area contributed by atoms with Gasteiger partial charge in [0.1, 0.15) is 5.82 Å². The SMILES string of the molecule is CCN(CC)CCNc1nc(NCCN(CC)CC)c2cc(C)ccc2n1. The molecule has 27 heavy (non-hydrogen) atoms. The van der Waals surface area contributed by atoms with Gasteiger partial charge in [0.25, 0.3) is 0 Å². The molecule has 2 aromatic rings. The average Bonchev–Trinajstić information content (AvgIpc) is 2.69. The van der Waals surface area contributed by atoms with Gasteiger partial charge in [-0.3, -0.25) is 0 Å². The lowest BCUT2D eigenvalue weighted by Crippen LogP contribution is -2.29. The number of hydrogen-bond donors (Lipinski definition) is 2. The minimum Gasteiger partial charge on any atom is -0.368 e. The van der Waals surface area contributed by atoms with Crippen molar-refractivity contribution >= 4 is 22.7 Å². The predicted molar refractivity (Wildman–Crippen MR) is 117 cm³/mol. The lowest BCUT2D eigenvalue weighted by Gasteiger charge is -2.20. The van der Waals surface area contributed by atoms with Crippen molar-refractivity contribution in [2.75, 3.05) is 63.0 Å². The van der Waals surface area contributed by atoms with Crippen LogP contribution in [0.25, 0.3) is 10.9 Å². The number of benzene rings is 1. The third-order valence-electron chi connectivity index (χ3n) is 5.07. The molecule has 2 rings (SSSR count). The van der Waals surface area contributed by atoms with Crippen LogP contribution >= 0.6 is 0 Å². The Morgan fingerprint density at radius 2 is 1.41 bits per heavy atom. The van der Waals surface area contributed by atoms with Gasteiger partial charge in [-0.2, -0.15) is 4.98 Å². The standard InChI is InChI=1S/C21H36N6/c1-6-26(7-2)14-12-22-20-18-16-17(5)10-11-19(18)24-21(25-20)23-13-15-27(8-3)9-4/h10-11,16H,6-9,12-15H2,1-5H3,(H2,22,23,24,25). The Bertz CT molecular complexity index is 694. The Balaban J connectivity index is 2.13. The first-order chi connectivity index (χ1) is 13.1. The molecule has 0 atom stereocenters. The molecule has 0 aliphatic carbocycles. The fourth-order valence-electron chi connectivity index (χ4n) is 3.19. The summed E-state index contributed by atoms with van der Waals surface area (Å²) in [6, 6.07) is 6.35. The summed E-state index contributed by atoms with van der Waals surface area (Å²) in [5.41, 5.74) is 2.20. The summed E-state index contributed by atoms with van der Waals surface area (Å²) in [5.74, 6) is 1.62. The fraction of sp³-hybridized carbons (Fsp3) is 0.619. The van der Waals surface area contributed by atoms with Crippen LogP contribution in [0.1, 0.15) is 33.3 Å². The van der Waals surface area contributed by atoms with E-state index >= 15 is 0 Å². The maximum absolute atomic E-state index is 4.77. The average molecular weight is 373 g/mol. The van der Waals surface area contributed by atoms with Gasteiger partial charge in [-0.1, -0.05) is 39.3 Å². The van der Waals surface area contributed by atoms with Gasteiger partial charge in [0.2, 0.25) is 5.95 Å². The summed E-state index contributed by atoms with van der Waals surface area (Å²) < 4.78 is 0. The van der Waals surface area contributed by atoms with Gasteiger partial charge in [-0.15, -0.1) is 0 Å². The molecule has 2 N–H and O–H groups in total. The van der Waals surface area contributed by atoms with E-state index in [0.29, 0.717) is 5.95 Å². The Kier molecular flexibility index (Phi) is 8.75. The van der Waals surface area contributed by atoms with Gasteiger partial charge < -0.3 is 20.4 Å². The Labute approximate surface area is 164 Å². The van der Waals surface area contributed by atoms with Crippen LogP contribution in [0.5, 0.6) is 0 Å². The zero-order chi connectivity index (χ0) is 19.6. The van der Waals surface area contributed by atoms with Crippen molar-refractivity contribution in [3.8, 4) is 0 Å². The first kappa shape index (κ1) is 21.4. The molecule has 6 heteroatoms. The van der Waals surface area contributed by atoms with E-state index in [-0.39, 0.29) is 0 Å². The highest BCUT2D eigenvalue weighted by Gasteiger charge is 2.09. The van der Waals surface area contributed by atoms with E-state index in [9.17, 15) is 0 Å². The summed E-state index contributed by atoms with van der Waals surface area (Å²) in [4.78, 5) is 14.3. The van der Waals surface area contributed by atoms with E-state index in [0.717, 1.165) is 69.1 Å². The molecule has 1 aromatic carbocycles. The van der Waals surface area contributed by atoms with Crippen molar-refractivity contribution in [3.63, 3.8) is 0 Å². The molecule has 0 radical (unpaired) electrons. The van der Waals surface area contributed by atoms with E-state index in [4.69, 9.17) is 9.97 Å². The van der Waals surface area contributed by atoms with Crippen LogP contribution in [0.15, 0.2) is 18.2 Å². The zero-order valence-electron chi connectivity index (χ0n) is 17.7. The second-order valence-electron chi connectivity index (χ2n) is 6.82. The highest BCUT2D eigenvalue weighted by atomic mass is 15.2. The molecular weight excluding hydrogens is 336 g/mol. The molecule has 0 aliphatic heterocycles. The number of nitrogens with zero attached hydrogens (tertiary/aromatic N) is 4. The second kappa shape index (κ2) is 11.0.